The summed E-state index contributed by atoms with van der Waals surface area (Å²) in [6.45, 7) is 1.98. The van der Waals surface area contributed by atoms with Gasteiger partial charge in [0, 0.05) is 10.4 Å². The van der Waals surface area contributed by atoms with Gasteiger partial charge in [0.1, 0.15) is 23.4 Å². The second kappa shape index (κ2) is 7.09. The first-order valence-corrected chi connectivity index (χ1v) is 9.46. The highest BCUT2D eigenvalue weighted by atomic mass is 32.1. The van der Waals surface area contributed by atoms with Gasteiger partial charge in [-0.3, -0.25) is 9.59 Å². The molecule has 1 N–H and O–H groups in total. The lowest BCUT2D eigenvalue weighted by Gasteiger charge is -2.24. The second-order valence-corrected chi connectivity index (χ2v) is 7.43. The standard InChI is InChI=1S/C21H16FNO4S/c1-12-8-10-28-20(12)17-16(18(24)13-4-6-14(22)7-5-13)19(25)21(26)23(17)11-15-3-2-9-27-15/h2-10,17,24H,11H2,1H3/b18-16-. The highest BCUT2D eigenvalue weighted by Crippen LogP contribution is 2.43. The molecule has 3 aromatic rings. The summed E-state index contributed by atoms with van der Waals surface area (Å²) >= 11 is 1.40. The average Bonchev–Trinajstić information content (AvgIpc) is 3.39. The van der Waals surface area contributed by atoms with Gasteiger partial charge in [0.15, 0.2) is 0 Å². The fourth-order valence-corrected chi connectivity index (χ4v) is 4.36. The van der Waals surface area contributed by atoms with Crippen LogP contribution in [0.1, 0.15) is 27.8 Å². The third kappa shape index (κ3) is 3.03. The van der Waals surface area contributed by atoms with E-state index in [2.05, 4.69) is 0 Å². The number of furan rings is 1. The van der Waals surface area contributed by atoms with E-state index in [1.165, 1.54) is 46.8 Å². The number of aliphatic hydroxyl groups excluding tert-OH is 1. The van der Waals surface area contributed by atoms with Crippen molar-refractivity contribution in [1.29, 1.82) is 0 Å². The Balaban J connectivity index is 1.87. The molecule has 142 valence electrons. The molecule has 1 aliphatic rings. The fourth-order valence-electron chi connectivity index (χ4n) is 3.31. The molecule has 1 atom stereocenters. The molecule has 28 heavy (non-hydrogen) atoms. The van der Waals surface area contributed by atoms with Crippen molar-refractivity contribution in [2.24, 2.45) is 0 Å². The lowest BCUT2D eigenvalue weighted by atomic mass is 9.98. The van der Waals surface area contributed by atoms with Crippen LogP contribution in [0.3, 0.4) is 0 Å². The molecule has 1 aromatic carbocycles. The van der Waals surface area contributed by atoms with Crippen molar-refractivity contribution in [3.8, 4) is 0 Å². The zero-order chi connectivity index (χ0) is 19.8. The maximum Gasteiger partial charge on any atom is 0.296 e. The van der Waals surface area contributed by atoms with Crippen LogP contribution in [0.15, 0.2) is 64.1 Å². The van der Waals surface area contributed by atoms with Gasteiger partial charge in [0.05, 0.1) is 18.4 Å². The normalized spacial score (nSPS) is 18.8. The second-order valence-electron chi connectivity index (χ2n) is 6.48. The maximum atomic E-state index is 13.3. The van der Waals surface area contributed by atoms with Crippen LogP contribution in [-0.2, 0) is 16.1 Å². The molecule has 3 heterocycles. The summed E-state index contributed by atoms with van der Waals surface area (Å²) in [5, 5.41) is 12.7. The monoisotopic (exact) mass is 397 g/mol. The van der Waals surface area contributed by atoms with Gasteiger partial charge in [0.25, 0.3) is 11.7 Å². The first-order valence-electron chi connectivity index (χ1n) is 8.58. The number of rotatable bonds is 4. The number of amides is 1. The Kier molecular flexibility index (Phi) is 4.60. The number of hydrogen-bond acceptors (Lipinski definition) is 5. The van der Waals surface area contributed by atoms with E-state index < -0.39 is 23.5 Å². The minimum absolute atomic E-state index is 0.00582. The summed E-state index contributed by atoms with van der Waals surface area (Å²) in [6.07, 6.45) is 1.50. The zero-order valence-corrected chi connectivity index (χ0v) is 15.7. The number of ketones is 1. The largest absolute Gasteiger partial charge is 0.507 e. The minimum Gasteiger partial charge on any atom is -0.507 e. The van der Waals surface area contributed by atoms with E-state index in [0.717, 1.165) is 10.4 Å². The lowest BCUT2D eigenvalue weighted by molar-refractivity contribution is -0.140. The minimum atomic E-state index is -0.772. The van der Waals surface area contributed by atoms with Gasteiger partial charge in [-0.25, -0.2) is 4.39 Å². The molecular formula is C21H16FNO4S. The smallest absolute Gasteiger partial charge is 0.296 e. The van der Waals surface area contributed by atoms with Gasteiger partial charge in [-0.15, -0.1) is 11.3 Å². The molecule has 2 aromatic heterocycles. The number of carbonyl (C=O) groups excluding carboxylic acids is 2. The van der Waals surface area contributed by atoms with Crippen molar-refractivity contribution >= 4 is 28.8 Å². The van der Waals surface area contributed by atoms with Gasteiger partial charge < -0.3 is 14.4 Å². The van der Waals surface area contributed by atoms with Crippen LogP contribution < -0.4 is 0 Å². The number of likely N-dealkylation sites (tertiary alicyclic amines) is 1. The molecule has 0 saturated carbocycles. The number of thiophene rings is 1. The van der Waals surface area contributed by atoms with E-state index in [1.54, 1.807) is 12.1 Å². The summed E-state index contributed by atoms with van der Waals surface area (Å²) in [7, 11) is 0. The van der Waals surface area contributed by atoms with Crippen LogP contribution in [0, 0.1) is 12.7 Å². The Morgan fingerprint density at radius 2 is 1.96 bits per heavy atom. The van der Waals surface area contributed by atoms with Crippen molar-refractivity contribution in [3.05, 3.63) is 87.3 Å². The molecule has 4 rings (SSSR count). The molecule has 1 amide bonds. The molecule has 0 radical (unpaired) electrons. The third-order valence-electron chi connectivity index (χ3n) is 4.71. The summed E-state index contributed by atoms with van der Waals surface area (Å²) in [6, 6.07) is 9.72. The quantitative estimate of drug-likeness (QED) is 0.402. The van der Waals surface area contributed by atoms with E-state index in [1.807, 2.05) is 18.4 Å². The predicted molar refractivity (Wildman–Crippen MR) is 102 cm³/mol. The fraction of sp³-hybridized carbons (Fsp3) is 0.143. The first kappa shape index (κ1) is 18.2. The van der Waals surface area contributed by atoms with Crippen LogP contribution in [0.2, 0.25) is 0 Å². The Bertz CT molecular complexity index is 1070. The van der Waals surface area contributed by atoms with Crippen LogP contribution in [0.4, 0.5) is 4.39 Å². The van der Waals surface area contributed by atoms with Crippen LogP contribution in [0.25, 0.3) is 5.76 Å². The van der Waals surface area contributed by atoms with Crippen molar-refractivity contribution in [2.45, 2.75) is 19.5 Å². The summed E-state index contributed by atoms with van der Waals surface area (Å²) in [5.74, 6) is -1.73. The first-order chi connectivity index (χ1) is 13.5. The number of carbonyl (C=O) groups is 2. The lowest BCUT2D eigenvalue weighted by Crippen LogP contribution is -2.28. The summed E-state index contributed by atoms with van der Waals surface area (Å²) in [5.41, 5.74) is 1.18. The Morgan fingerprint density at radius 1 is 1.21 bits per heavy atom. The molecular weight excluding hydrogens is 381 g/mol. The molecule has 7 heteroatoms. The van der Waals surface area contributed by atoms with E-state index in [9.17, 15) is 19.1 Å². The van der Waals surface area contributed by atoms with Gasteiger partial charge in [0.2, 0.25) is 0 Å². The van der Waals surface area contributed by atoms with Gasteiger partial charge >= 0.3 is 0 Å². The Morgan fingerprint density at radius 3 is 2.57 bits per heavy atom. The van der Waals surface area contributed by atoms with Gasteiger partial charge in [-0.1, -0.05) is 0 Å². The van der Waals surface area contributed by atoms with E-state index >= 15 is 0 Å². The van der Waals surface area contributed by atoms with E-state index in [-0.39, 0.29) is 23.4 Å². The van der Waals surface area contributed by atoms with Crippen molar-refractivity contribution in [2.75, 3.05) is 0 Å². The van der Waals surface area contributed by atoms with Crippen LogP contribution >= 0.6 is 11.3 Å². The van der Waals surface area contributed by atoms with Crippen molar-refractivity contribution < 1.29 is 23.5 Å². The summed E-state index contributed by atoms with van der Waals surface area (Å²) < 4.78 is 18.6. The SMILES string of the molecule is Cc1ccsc1C1/C(=C(/O)c2ccc(F)cc2)C(=O)C(=O)N1Cc1ccco1. The number of aryl methyl sites for hydroxylation is 1. The molecule has 1 fully saturated rings. The van der Waals surface area contributed by atoms with Gasteiger partial charge in [-0.2, -0.15) is 0 Å². The van der Waals surface area contributed by atoms with Gasteiger partial charge in [-0.05, 0) is 60.3 Å². The molecule has 0 aliphatic carbocycles. The summed E-state index contributed by atoms with van der Waals surface area (Å²) in [4.78, 5) is 27.8. The third-order valence-corrected chi connectivity index (χ3v) is 5.79. The molecule has 5 nitrogen and oxygen atoms in total. The number of Topliss-reactive ketones (excluding diaryl/α,β-unsaturated/α-hetero) is 1. The number of nitrogens with zero attached hydrogens (tertiary/aromatic N) is 1. The van der Waals surface area contributed by atoms with Crippen LogP contribution in [-0.4, -0.2) is 21.7 Å². The molecule has 0 bridgehead atoms. The highest BCUT2D eigenvalue weighted by molar-refractivity contribution is 7.10. The van der Waals surface area contributed by atoms with E-state index in [4.69, 9.17) is 4.42 Å². The maximum absolute atomic E-state index is 13.3. The van der Waals surface area contributed by atoms with Crippen molar-refractivity contribution in [1.82, 2.24) is 4.90 Å². The van der Waals surface area contributed by atoms with E-state index in [0.29, 0.717) is 5.76 Å². The Hall–Kier alpha value is -3.19. The number of aliphatic hydroxyl groups is 1. The van der Waals surface area contributed by atoms with Crippen LogP contribution in [0.5, 0.6) is 0 Å². The molecule has 1 aliphatic heterocycles. The molecule has 1 saturated heterocycles. The molecule has 1 unspecified atom stereocenters. The molecule has 0 spiro atoms. The number of benzene rings is 1. The Labute approximate surface area is 164 Å². The zero-order valence-electron chi connectivity index (χ0n) is 14.9. The predicted octanol–water partition coefficient (Wildman–Crippen LogP) is 4.41. The topological polar surface area (TPSA) is 70.8 Å². The van der Waals surface area contributed by atoms with Crippen molar-refractivity contribution in [3.63, 3.8) is 0 Å². The number of halogens is 1. The number of hydrogen-bond donors (Lipinski definition) is 1. The highest BCUT2D eigenvalue weighted by Gasteiger charge is 2.47. The average molecular weight is 397 g/mol.